The van der Waals surface area contributed by atoms with Crippen LogP contribution in [-0.2, 0) is 7.05 Å². The van der Waals surface area contributed by atoms with E-state index in [0.29, 0.717) is 5.92 Å². The summed E-state index contributed by atoms with van der Waals surface area (Å²) >= 11 is 0. The molecule has 0 aliphatic heterocycles. The van der Waals surface area contributed by atoms with Gasteiger partial charge in [-0.25, -0.2) is 0 Å². The van der Waals surface area contributed by atoms with Crippen LogP contribution in [0, 0.1) is 20.8 Å². The number of nitrogens with zero attached hydrogens (tertiary/aromatic N) is 3. The lowest BCUT2D eigenvalue weighted by Gasteiger charge is -2.12. The van der Waals surface area contributed by atoms with Crippen LogP contribution in [0.25, 0.3) is 33.4 Å². The summed E-state index contributed by atoms with van der Waals surface area (Å²) in [7, 11) is 2.14. The van der Waals surface area contributed by atoms with Gasteiger partial charge in [-0.2, -0.15) is 4.57 Å². The van der Waals surface area contributed by atoms with Crippen molar-refractivity contribution in [1.29, 1.82) is 0 Å². The molecule has 2 aromatic heterocycles. The van der Waals surface area contributed by atoms with Crippen molar-refractivity contribution in [1.82, 2.24) is 9.97 Å². The Kier molecular flexibility index (Phi) is 4.91. The topological polar surface area (TPSA) is 29.7 Å². The molecule has 146 valence electrons. The van der Waals surface area contributed by atoms with Gasteiger partial charge < -0.3 is 0 Å². The van der Waals surface area contributed by atoms with E-state index < -0.39 is 0 Å². The Labute approximate surface area is 173 Å². The predicted octanol–water partition coefficient (Wildman–Crippen LogP) is 5.84. The number of aryl methyl sites for hydroxylation is 3. The smallest absolute Gasteiger partial charge is 0.213 e. The van der Waals surface area contributed by atoms with Crippen LogP contribution in [-0.4, -0.2) is 9.97 Å². The Balaban J connectivity index is 1.89. The van der Waals surface area contributed by atoms with Gasteiger partial charge in [-0.15, -0.1) is 0 Å². The highest BCUT2D eigenvalue weighted by Crippen LogP contribution is 2.30. The monoisotopic (exact) mass is 382 g/mol. The zero-order valence-corrected chi connectivity index (χ0v) is 18.1. The van der Waals surface area contributed by atoms with Crippen LogP contribution in [0.5, 0.6) is 0 Å². The second kappa shape index (κ2) is 7.40. The maximum absolute atomic E-state index is 4.70. The third kappa shape index (κ3) is 3.42. The van der Waals surface area contributed by atoms with Crippen molar-refractivity contribution in [3.05, 3.63) is 77.2 Å². The van der Waals surface area contributed by atoms with Crippen LogP contribution in [0.2, 0.25) is 0 Å². The van der Waals surface area contributed by atoms with E-state index in [1.165, 1.54) is 38.9 Å². The summed E-state index contributed by atoms with van der Waals surface area (Å²) in [6, 6.07) is 15.4. The Morgan fingerprint density at radius 1 is 0.862 bits per heavy atom. The highest BCUT2D eigenvalue weighted by atomic mass is 14.9. The maximum atomic E-state index is 4.70. The molecule has 0 N–H and O–H groups in total. The molecule has 2 heterocycles. The molecule has 29 heavy (non-hydrogen) atoms. The molecule has 0 bridgehead atoms. The summed E-state index contributed by atoms with van der Waals surface area (Å²) in [4.78, 5) is 9.31. The van der Waals surface area contributed by atoms with Crippen molar-refractivity contribution < 1.29 is 4.57 Å². The predicted molar refractivity (Wildman–Crippen MR) is 120 cm³/mol. The van der Waals surface area contributed by atoms with Gasteiger partial charge in [0, 0.05) is 29.5 Å². The van der Waals surface area contributed by atoms with Crippen LogP contribution >= 0.6 is 0 Å². The highest BCUT2D eigenvalue weighted by Gasteiger charge is 2.19. The zero-order chi connectivity index (χ0) is 20.7. The summed E-state index contributed by atoms with van der Waals surface area (Å²) in [5.41, 5.74) is 10.7. The zero-order valence-electron chi connectivity index (χ0n) is 18.1. The molecule has 3 heteroatoms. The third-order valence-corrected chi connectivity index (χ3v) is 5.84. The number of benzene rings is 2. The number of hydrogen-bond acceptors (Lipinski definition) is 2. The van der Waals surface area contributed by atoms with E-state index in [-0.39, 0.29) is 0 Å². The second-order valence-electron chi connectivity index (χ2n) is 8.25. The molecule has 0 fully saturated rings. The fraction of sp³-hybridized carbons (Fsp3) is 0.269. The van der Waals surface area contributed by atoms with E-state index in [4.69, 9.17) is 4.98 Å². The van der Waals surface area contributed by atoms with Crippen LogP contribution < -0.4 is 4.57 Å². The molecule has 0 atom stereocenters. The number of rotatable bonds is 3. The maximum Gasteiger partial charge on any atom is 0.213 e. The molecular formula is C26H28N3+. The number of fused-ring (bicyclic) bond motifs is 1. The van der Waals surface area contributed by atoms with Crippen molar-refractivity contribution in [3.63, 3.8) is 0 Å². The third-order valence-electron chi connectivity index (χ3n) is 5.84. The van der Waals surface area contributed by atoms with Gasteiger partial charge in [-0.05, 0) is 49.9 Å². The Morgan fingerprint density at radius 3 is 2.34 bits per heavy atom. The van der Waals surface area contributed by atoms with E-state index >= 15 is 0 Å². The minimum atomic E-state index is 0.380. The quantitative estimate of drug-likeness (QED) is 0.417. The average Bonchev–Trinajstić information content (AvgIpc) is 2.71. The van der Waals surface area contributed by atoms with Gasteiger partial charge in [0.05, 0.1) is 23.0 Å². The lowest BCUT2D eigenvalue weighted by molar-refractivity contribution is -0.633. The summed E-state index contributed by atoms with van der Waals surface area (Å²) in [5, 5.41) is 1.19. The number of aromatic nitrogens is 3. The molecular weight excluding hydrogens is 354 g/mol. The van der Waals surface area contributed by atoms with Crippen molar-refractivity contribution in [2.24, 2.45) is 7.05 Å². The van der Waals surface area contributed by atoms with Gasteiger partial charge in [0.1, 0.15) is 7.05 Å². The lowest BCUT2D eigenvalue weighted by atomic mass is 9.96. The van der Waals surface area contributed by atoms with Crippen molar-refractivity contribution >= 4 is 10.9 Å². The van der Waals surface area contributed by atoms with E-state index in [2.05, 4.69) is 93.7 Å². The molecule has 0 unspecified atom stereocenters. The Morgan fingerprint density at radius 2 is 1.66 bits per heavy atom. The number of hydrogen-bond donors (Lipinski definition) is 0. The van der Waals surface area contributed by atoms with Gasteiger partial charge in [0.15, 0.2) is 0 Å². The van der Waals surface area contributed by atoms with E-state index in [0.717, 1.165) is 17.0 Å². The van der Waals surface area contributed by atoms with Gasteiger partial charge in [0.2, 0.25) is 11.2 Å². The normalized spacial score (nSPS) is 11.4. The first-order valence-corrected chi connectivity index (χ1v) is 10.2. The highest BCUT2D eigenvalue weighted by molar-refractivity contribution is 5.92. The summed E-state index contributed by atoms with van der Waals surface area (Å²) < 4.78 is 2.29. The van der Waals surface area contributed by atoms with Crippen LogP contribution in [0.4, 0.5) is 0 Å². The Hall–Kier alpha value is -3.07. The fourth-order valence-corrected chi connectivity index (χ4v) is 4.00. The molecule has 0 aliphatic carbocycles. The molecule has 0 aliphatic rings. The van der Waals surface area contributed by atoms with Crippen molar-refractivity contribution in [3.8, 4) is 22.5 Å². The minimum Gasteiger partial charge on any atom is -0.257 e. The van der Waals surface area contributed by atoms with Gasteiger partial charge >= 0.3 is 0 Å². The molecule has 0 radical (unpaired) electrons. The molecule has 2 aromatic carbocycles. The summed E-state index contributed by atoms with van der Waals surface area (Å²) in [6.07, 6.45) is 3.79. The molecule has 0 saturated heterocycles. The Bertz CT molecular complexity index is 1210. The van der Waals surface area contributed by atoms with Gasteiger partial charge in [0.25, 0.3) is 0 Å². The van der Waals surface area contributed by atoms with E-state index in [9.17, 15) is 0 Å². The van der Waals surface area contributed by atoms with Crippen LogP contribution in [0.3, 0.4) is 0 Å². The van der Waals surface area contributed by atoms with E-state index in [1.807, 2.05) is 12.4 Å². The first kappa shape index (κ1) is 19.3. The largest absolute Gasteiger partial charge is 0.257 e. The standard InChI is InChI=1S/C26H28N3/c1-16(2)23-14-28-24(15-27-23)20-8-7-9-25-21(20)10-11-26(29(25)6)22-13-17(3)12-18(4)19(22)5/h7-16H,1-6H3/q+1. The van der Waals surface area contributed by atoms with Crippen LogP contribution in [0.1, 0.15) is 42.1 Å². The van der Waals surface area contributed by atoms with Gasteiger partial charge in [-0.1, -0.05) is 37.6 Å². The molecule has 0 spiro atoms. The first-order chi connectivity index (χ1) is 13.9. The molecule has 4 rings (SSSR count). The lowest BCUT2D eigenvalue weighted by Crippen LogP contribution is -2.32. The summed E-state index contributed by atoms with van der Waals surface area (Å²) in [5.74, 6) is 0.380. The fourth-order valence-electron chi connectivity index (χ4n) is 4.00. The second-order valence-corrected chi connectivity index (χ2v) is 8.25. The van der Waals surface area contributed by atoms with Crippen molar-refractivity contribution in [2.45, 2.75) is 40.5 Å². The average molecular weight is 383 g/mol. The molecule has 4 aromatic rings. The minimum absolute atomic E-state index is 0.380. The molecule has 0 saturated carbocycles. The summed E-state index contributed by atoms with van der Waals surface area (Å²) in [6.45, 7) is 10.8. The molecule has 0 amide bonds. The first-order valence-electron chi connectivity index (χ1n) is 10.2. The number of pyridine rings is 1. The van der Waals surface area contributed by atoms with E-state index in [1.54, 1.807) is 0 Å². The van der Waals surface area contributed by atoms with Crippen molar-refractivity contribution in [2.75, 3.05) is 0 Å². The SMILES string of the molecule is Cc1cc(C)c(C)c(-c2ccc3c(-c4cnc(C(C)C)cn4)cccc3[n+]2C)c1. The van der Waals surface area contributed by atoms with Crippen LogP contribution in [0.15, 0.2) is 54.9 Å². The van der Waals surface area contributed by atoms with Gasteiger partial charge in [-0.3, -0.25) is 9.97 Å². The molecule has 3 nitrogen and oxygen atoms in total.